The molecular weight excluding hydrogens is 397 g/mol. The smallest absolute Gasteiger partial charge is 0.251 e. The zero-order valence-corrected chi connectivity index (χ0v) is 18.4. The maximum atomic E-state index is 12.6. The molecule has 1 heterocycles. The highest BCUT2D eigenvalue weighted by Gasteiger charge is 2.15. The van der Waals surface area contributed by atoms with E-state index in [1.165, 1.54) is 0 Å². The Labute approximate surface area is 180 Å². The molecule has 0 aliphatic rings. The van der Waals surface area contributed by atoms with Gasteiger partial charge in [0.05, 0.1) is 0 Å². The lowest BCUT2D eigenvalue weighted by molar-refractivity contribution is 0.0935. The van der Waals surface area contributed by atoms with Crippen LogP contribution in [-0.4, -0.2) is 23.5 Å². The third-order valence-corrected chi connectivity index (χ3v) is 4.35. The Morgan fingerprint density at radius 2 is 1.93 bits per heavy atom. The monoisotopic (exact) mass is 427 g/mol. The zero-order chi connectivity index (χ0) is 18.9. The van der Waals surface area contributed by atoms with Crippen LogP contribution in [0.25, 0.3) is 0 Å². The number of carbonyl (C=O) groups is 1. The fraction of sp³-hybridized carbons (Fsp3) is 0.429. The Bertz CT molecular complexity index is 704. The van der Waals surface area contributed by atoms with E-state index >= 15 is 0 Å². The summed E-state index contributed by atoms with van der Waals surface area (Å²) in [7, 11) is 0. The Kier molecular flexibility index (Phi) is 12.5. The average Bonchev–Trinajstić information content (AvgIpc) is 2.65. The van der Waals surface area contributed by atoms with Gasteiger partial charge >= 0.3 is 0 Å². The first-order valence-electron chi connectivity index (χ1n) is 9.19. The first kappa shape index (κ1) is 26.2. The Balaban J connectivity index is 0.00000364. The first-order valence-corrected chi connectivity index (χ1v) is 9.19. The van der Waals surface area contributed by atoms with Gasteiger partial charge < -0.3 is 15.8 Å². The van der Waals surface area contributed by atoms with Gasteiger partial charge in [-0.1, -0.05) is 25.8 Å². The van der Waals surface area contributed by atoms with E-state index in [-0.39, 0.29) is 36.8 Å². The summed E-state index contributed by atoms with van der Waals surface area (Å²) < 4.78 is 5.95. The van der Waals surface area contributed by atoms with Crippen LogP contribution in [0.15, 0.2) is 36.7 Å². The van der Waals surface area contributed by atoms with Crippen LogP contribution in [0.5, 0.6) is 5.75 Å². The largest absolute Gasteiger partial charge is 0.488 e. The molecular formula is C21H31Cl2N3O2. The molecule has 2 rings (SSSR count). The maximum absolute atomic E-state index is 12.6. The molecule has 0 saturated heterocycles. The second-order valence-electron chi connectivity index (χ2n) is 6.64. The van der Waals surface area contributed by atoms with Gasteiger partial charge in [0.2, 0.25) is 0 Å². The molecule has 0 radical (unpaired) electrons. The van der Waals surface area contributed by atoms with Crippen molar-refractivity contribution < 1.29 is 9.53 Å². The van der Waals surface area contributed by atoms with E-state index < -0.39 is 0 Å². The molecule has 7 heteroatoms. The van der Waals surface area contributed by atoms with Crippen LogP contribution < -0.4 is 15.8 Å². The van der Waals surface area contributed by atoms with E-state index in [4.69, 9.17) is 10.5 Å². The van der Waals surface area contributed by atoms with Crippen molar-refractivity contribution in [1.82, 2.24) is 10.3 Å². The van der Waals surface area contributed by atoms with Gasteiger partial charge in [-0.05, 0) is 49.6 Å². The number of rotatable bonds is 9. The van der Waals surface area contributed by atoms with E-state index in [0.717, 1.165) is 41.7 Å². The summed E-state index contributed by atoms with van der Waals surface area (Å²) in [4.78, 5) is 16.6. The number of pyridine rings is 1. The Morgan fingerprint density at radius 3 is 2.46 bits per heavy atom. The highest BCUT2D eigenvalue weighted by molar-refractivity contribution is 5.95. The van der Waals surface area contributed by atoms with Crippen molar-refractivity contribution in [2.75, 3.05) is 6.54 Å². The number of aryl methyl sites for hydroxylation is 2. The van der Waals surface area contributed by atoms with Crippen molar-refractivity contribution in [3.63, 3.8) is 0 Å². The molecule has 156 valence electrons. The van der Waals surface area contributed by atoms with Crippen molar-refractivity contribution in [2.45, 2.75) is 52.7 Å². The van der Waals surface area contributed by atoms with Crippen LogP contribution >= 0.6 is 24.8 Å². The van der Waals surface area contributed by atoms with Gasteiger partial charge in [-0.3, -0.25) is 9.78 Å². The minimum absolute atomic E-state index is 0. The Hall–Kier alpha value is -1.82. The van der Waals surface area contributed by atoms with Gasteiger partial charge in [0.1, 0.15) is 12.4 Å². The molecule has 1 aromatic heterocycles. The van der Waals surface area contributed by atoms with Crippen LogP contribution in [-0.2, 0) is 6.61 Å². The quantitative estimate of drug-likeness (QED) is 0.622. The molecule has 1 aromatic carbocycles. The summed E-state index contributed by atoms with van der Waals surface area (Å²) in [5.74, 6) is 0.730. The zero-order valence-electron chi connectivity index (χ0n) is 16.7. The third kappa shape index (κ3) is 7.66. The molecule has 1 atom stereocenters. The van der Waals surface area contributed by atoms with Crippen molar-refractivity contribution in [2.24, 2.45) is 5.73 Å². The van der Waals surface area contributed by atoms with Crippen LogP contribution in [0.1, 0.15) is 53.2 Å². The van der Waals surface area contributed by atoms with E-state index in [1.807, 2.05) is 38.1 Å². The van der Waals surface area contributed by atoms with Crippen molar-refractivity contribution >= 4 is 30.7 Å². The number of nitrogens with one attached hydrogen (secondary N) is 1. The van der Waals surface area contributed by atoms with E-state index in [1.54, 1.807) is 12.4 Å². The predicted molar refractivity (Wildman–Crippen MR) is 119 cm³/mol. The molecule has 0 saturated carbocycles. The highest BCUT2D eigenvalue weighted by atomic mass is 35.5. The van der Waals surface area contributed by atoms with Gasteiger partial charge in [-0.25, -0.2) is 0 Å². The summed E-state index contributed by atoms with van der Waals surface area (Å²) in [6, 6.07) is 7.62. The molecule has 0 bridgehead atoms. The summed E-state index contributed by atoms with van der Waals surface area (Å²) in [6.45, 7) is 6.95. The molecule has 2 aromatic rings. The Morgan fingerprint density at radius 1 is 1.25 bits per heavy atom. The lowest BCUT2D eigenvalue weighted by atomic mass is 10.0. The minimum atomic E-state index is -0.0819. The number of halogens is 2. The van der Waals surface area contributed by atoms with Gasteiger partial charge in [0, 0.05) is 36.1 Å². The van der Waals surface area contributed by atoms with E-state index in [9.17, 15) is 4.79 Å². The van der Waals surface area contributed by atoms with Gasteiger partial charge in [-0.2, -0.15) is 0 Å². The summed E-state index contributed by atoms with van der Waals surface area (Å²) in [5, 5.41) is 3.04. The van der Waals surface area contributed by atoms with E-state index in [0.29, 0.717) is 18.7 Å². The van der Waals surface area contributed by atoms with Gasteiger partial charge in [0.15, 0.2) is 0 Å². The highest BCUT2D eigenvalue weighted by Crippen LogP contribution is 2.26. The van der Waals surface area contributed by atoms with Crippen LogP contribution in [0.4, 0.5) is 0 Å². The number of ether oxygens (including phenoxy) is 1. The number of nitrogens with zero attached hydrogens (tertiary/aromatic N) is 1. The topological polar surface area (TPSA) is 77.2 Å². The van der Waals surface area contributed by atoms with Crippen LogP contribution in [0.2, 0.25) is 0 Å². The SMILES string of the molecule is CCCCC(CN)NC(=O)c1cc(C)c(OCc2cccnc2)c(C)c1.Cl.Cl. The maximum Gasteiger partial charge on any atom is 0.251 e. The second kappa shape index (κ2) is 13.4. The lowest BCUT2D eigenvalue weighted by Gasteiger charge is -2.18. The number of hydrogen-bond acceptors (Lipinski definition) is 4. The molecule has 0 aliphatic carbocycles. The second-order valence-corrected chi connectivity index (χ2v) is 6.64. The molecule has 0 spiro atoms. The molecule has 5 nitrogen and oxygen atoms in total. The van der Waals surface area contributed by atoms with Gasteiger partial charge in [-0.15, -0.1) is 24.8 Å². The number of nitrogens with two attached hydrogens (primary N) is 1. The summed E-state index contributed by atoms with van der Waals surface area (Å²) in [6.07, 6.45) is 6.58. The van der Waals surface area contributed by atoms with Crippen molar-refractivity contribution in [1.29, 1.82) is 0 Å². The normalized spacial score (nSPS) is 11.0. The predicted octanol–water partition coefficient (Wildman–Crippen LogP) is 4.37. The fourth-order valence-corrected chi connectivity index (χ4v) is 2.92. The van der Waals surface area contributed by atoms with E-state index in [2.05, 4.69) is 17.2 Å². The molecule has 3 N–H and O–H groups in total. The number of aromatic nitrogens is 1. The molecule has 0 aliphatic heterocycles. The molecule has 0 fully saturated rings. The lowest BCUT2D eigenvalue weighted by Crippen LogP contribution is -2.40. The fourth-order valence-electron chi connectivity index (χ4n) is 2.92. The number of hydrogen-bond donors (Lipinski definition) is 2. The number of amides is 1. The van der Waals surface area contributed by atoms with Crippen LogP contribution in [0, 0.1) is 13.8 Å². The number of benzene rings is 1. The van der Waals surface area contributed by atoms with Crippen LogP contribution in [0.3, 0.4) is 0 Å². The third-order valence-electron chi connectivity index (χ3n) is 4.35. The number of carbonyl (C=O) groups excluding carboxylic acids is 1. The van der Waals surface area contributed by atoms with Crippen molar-refractivity contribution in [3.8, 4) is 5.75 Å². The molecule has 28 heavy (non-hydrogen) atoms. The van der Waals surface area contributed by atoms with Gasteiger partial charge in [0.25, 0.3) is 5.91 Å². The average molecular weight is 428 g/mol. The standard InChI is InChI=1S/C21H29N3O2.2ClH/c1-4-5-8-19(12-22)24-21(25)18-10-15(2)20(16(3)11-18)26-14-17-7-6-9-23-13-17;;/h6-7,9-11,13,19H,4-5,8,12,14,22H2,1-3H3,(H,24,25);2*1H. The first-order chi connectivity index (χ1) is 12.5. The minimum Gasteiger partial charge on any atom is -0.488 e. The summed E-state index contributed by atoms with van der Waals surface area (Å²) >= 11 is 0. The summed E-state index contributed by atoms with van der Waals surface area (Å²) in [5.41, 5.74) is 9.31. The molecule has 1 amide bonds. The number of unbranched alkanes of at least 4 members (excludes halogenated alkanes) is 1. The van der Waals surface area contributed by atoms with Crippen molar-refractivity contribution in [3.05, 3.63) is 58.9 Å². The molecule has 1 unspecified atom stereocenters.